The van der Waals surface area contributed by atoms with Gasteiger partial charge in [0.25, 0.3) is 0 Å². The van der Waals surface area contributed by atoms with Crippen molar-refractivity contribution in [1.82, 2.24) is 4.98 Å². The number of pyridine rings is 1. The van der Waals surface area contributed by atoms with Gasteiger partial charge in [-0.3, -0.25) is 0 Å². The molecule has 0 aliphatic carbocycles. The number of benzene rings is 1. The number of aromatic nitrogens is 1. The van der Waals surface area contributed by atoms with Crippen molar-refractivity contribution in [3.8, 4) is 0 Å². The molecule has 2 aromatic rings. The van der Waals surface area contributed by atoms with Crippen LogP contribution >= 0.6 is 11.8 Å². The predicted octanol–water partition coefficient (Wildman–Crippen LogP) is 2.72. The first-order chi connectivity index (χ1) is 10.0. The second-order valence-corrected chi connectivity index (χ2v) is 6.40. The molecular formula is C17H22N2OS. The van der Waals surface area contributed by atoms with Gasteiger partial charge in [0, 0.05) is 17.5 Å². The molecule has 0 bridgehead atoms. The highest BCUT2D eigenvalue weighted by Crippen LogP contribution is 2.19. The van der Waals surface area contributed by atoms with E-state index >= 15 is 0 Å². The van der Waals surface area contributed by atoms with Gasteiger partial charge in [0.05, 0.1) is 11.1 Å². The average molecular weight is 302 g/mol. The largest absolute Gasteiger partial charge is 0.391 e. The van der Waals surface area contributed by atoms with E-state index < -0.39 is 6.10 Å². The third-order valence-electron chi connectivity index (χ3n) is 3.28. The predicted molar refractivity (Wildman–Crippen MR) is 88.6 cm³/mol. The highest BCUT2D eigenvalue weighted by Gasteiger charge is 2.16. The van der Waals surface area contributed by atoms with Gasteiger partial charge in [-0.25, -0.2) is 4.98 Å². The number of hydrogen-bond acceptors (Lipinski definition) is 4. The Hall–Kier alpha value is -1.36. The quantitative estimate of drug-likeness (QED) is 0.806. The minimum absolute atomic E-state index is 0.259. The molecule has 1 aromatic heterocycles. The second-order valence-electron chi connectivity index (χ2n) is 5.36. The van der Waals surface area contributed by atoms with Crippen molar-refractivity contribution in [3.63, 3.8) is 0 Å². The number of nitrogens with zero attached hydrogens (tertiary/aromatic N) is 1. The first kappa shape index (κ1) is 16.0. The summed E-state index contributed by atoms with van der Waals surface area (Å²) in [5.74, 6) is 0.559. The minimum Gasteiger partial charge on any atom is -0.391 e. The number of aryl methyl sites for hydroxylation is 2. The molecule has 0 amide bonds. The van der Waals surface area contributed by atoms with Crippen LogP contribution < -0.4 is 5.73 Å². The smallest absolute Gasteiger partial charge is 0.0966 e. The maximum Gasteiger partial charge on any atom is 0.0966 e. The van der Waals surface area contributed by atoms with E-state index in [-0.39, 0.29) is 6.04 Å². The van der Waals surface area contributed by atoms with Crippen molar-refractivity contribution in [2.45, 2.75) is 37.4 Å². The van der Waals surface area contributed by atoms with E-state index in [0.29, 0.717) is 12.2 Å². The second kappa shape index (κ2) is 7.59. The molecular weight excluding hydrogens is 280 g/mol. The molecule has 0 aliphatic heterocycles. The molecule has 2 unspecified atom stereocenters. The summed E-state index contributed by atoms with van der Waals surface area (Å²) in [6, 6.07) is 13.8. The zero-order chi connectivity index (χ0) is 15.2. The van der Waals surface area contributed by atoms with Gasteiger partial charge < -0.3 is 10.8 Å². The fourth-order valence-electron chi connectivity index (χ4n) is 2.19. The summed E-state index contributed by atoms with van der Waals surface area (Å²) in [6.45, 7) is 4.03. The molecule has 0 saturated carbocycles. The average Bonchev–Trinajstić information content (AvgIpc) is 2.44. The SMILES string of the molecule is Cc1cc(C)nc(SCC(O)C(N)Cc2ccccc2)c1. The van der Waals surface area contributed by atoms with E-state index in [9.17, 15) is 5.11 Å². The maximum absolute atomic E-state index is 10.2. The number of nitrogens with two attached hydrogens (primary N) is 1. The first-order valence-electron chi connectivity index (χ1n) is 7.10. The van der Waals surface area contributed by atoms with Crippen molar-refractivity contribution in [1.29, 1.82) is 0 Å². The van der Waals surface area contributed by atoms with Gasteiger partial charge in [0.1, 0.15) is 0 Å². The molecule has 3 N–H and O–H groups in total. The summed E-state index contributed by atoms with van der Waals surface area (Å²) >= 11 is 1.55. The molecule has 21 heavy (non-hydrogen) atoms. The Bertz CT molecular complexity index is 554. The molecule has 0 fully saturated rings. The van der Waals surface area contributed by atoms with Crippen molar-refractivity contribution in [3.05, 3.63) is 59.3 Å². The van der Waals surface area contributed by atoms with Gasteiger partial charge in [-0.1, -0.05) is 30.3 Å². The Morgan fingerprint density at radius 2 is 1.90 bits per heavy atom. The van der Waals surface area contributed by atoms with Crippen LogP contribution in [-0.4, -0.2) is 28.0 Å². The van der Waals surface area contributed by atoms with Crippen LogP contribution in [0.2, 0.25) is 0 Å². The number of thioether (sulfide) groups is 1. The van der Waals surface area contributed by atoms with Crippen molar-refractivity contribution in [2.24, 2.45) is 5.73 Å². The maximum atomic E-state index is 10.2. The first-order valence-corrected chi connectivity index (χ1v) is 8.09. The Kier molecular flexibility index (Phi) is 5.79. The summed E-state index contributed by atoms with van der Waals surface area (Å²) in [6.07, 6.45) is 0.140. The lowest BCUT2D eigenvalue weighted by Crippen LogP contribution is -2.38. The summed E-state index contributed by atoms with van der Waals surface area (Å²) < 4.78 is 0. The molecule has 0 spiro atoms. The summed E-state index contributed by atoms with van der Waals surface area (Å²) in [4.78, 5) is 4.46. The molecule has 0 radical (unpaired) electrons. The Morgan fingerprint density at radius 1 is 1.19 bits per heavy atom. The van der Waals surface area contributed by atoms with E-state index in [0.717, 1.165) is 16.3 Å². The van der Waals surface area contributed by atoms with Gasteiger partial charge in [-0.05, 0) is 43.5 Å². The van der Waals surface area contributed by atoms with Crippen LogP contribution in [0.25, 0.3) is 0 Å². The lowest BCUT2D eigenvalue weighted by atomic mass is 10.0. The Morgan fingerprint density at radius 3 is 2.57 bits per heavy atom. The molecule has 2 atom stereocenters. The van der Waals surface area contributed by atoms with E-state index in [4.69, 9.17) is 5.73 Å². The van der Waals surface area contributed by atoms with Crippen LogP contribution in [-0.2, 0) is 6.42 Å². The van der Waals surface area contributed by atoms with Gasteiger partial charge in [-0.2, -0.15) is 0 Å². The van der Waals surface area contributed by atoms with Gasteiger partial charge >= 0.3 is 0 Å². The summed E-state index contributed by atoms with van der Waals surface area (Å²) in [7, 11) is 0. The third-order valence-corrected chi connectivity index (χ3v) is 4.30. The molecule has 112 valence electrons. The normalized spacial score (nSPS) is 13.9. The summed E-state index contributed by atoms with van der Waals surface area (Å²) in [5.41, 5.74) is 9.43. The molecule has 0 aliphatic rings. The van der Waals surface area contributed by atoms with E-state index in [1.807, 2.05) is 49.4 Å². The summed E-state index contributed by atoms with van der Waals surface area (Å²) in [5, 5.41) is 11.1. The molecule has 3 nitrogen and oxygen atoms in total. The minimum atomic E-state index is -0.544. The fourth-order valence-corrected chi connectivity index (χ4v) is 3.26. The van der Waals surface area contributed by atoms with Crippen LogP contribution in [0.1, 0.15) is 16.8 Å². The van der Waals surface area contributed by atoms with E-state index in [2.05, 4.69) is 11.9 Å². The van der Waals surface area contributed by atoms with Gasteiger partial charge in [-0.15, -0.1) is 11.8 Å². The fraction of sp³-hybridized carbons (Fsp3) is 0.353. The lowest BCUT2D eigenvalue weighted by Gasteiger charge is -2.18. The Balaban J connectivity index is 1.87. The zero-order valence-corrected chi connectivity index (χ0v) is 13.3. The number of hydrogen-bond donors (Lipinski definition) is 2. The van der Waals surface area contributed by atoms with Crippen molar-refractivity contribution >= 4 is 11.8 Å². The Labute approximate surface area is 130 Å². The lowest BCUT2D eigenvalue weighted by molar-refractivity contribution is 0.167. The van der Waals surface area contributed by atoms with Crippen LogP contribution in [0.15, 0.2) is 47.5 Å². The molecule has 1 heterocycles. The highest BCUT2D eigenvalue weighted by atomic mass is 32.2. The molecule has 4 heteroatoms. The van der Waals surface area contributed by atoms with Gasteiger partial charge in [0.2, 0.25) is 0 Å². The van der Waals surface area contributed by atoms with Crippen LogP contribution in [0.5, 0.6) is 0 Å². The standard InChI is InChI=1S/C17H22N2OS/c1-12-8-13(2)19-17(9-12)21-11-16(20)15(18)10-14-6-4-3-5-7-14/h3-9,15-16,20H,10-11,18H2,1-2H3. The highest BCUT2D eigenvalue weighted by molar-refractivity contribution is 7.99. The van der Waals surface area contributed by atoms with Crippen LogP contribution in [0, 0.1) is 13.8 Å². The topological polar surface area (TPSA) is 59.1 Å². The number of aliphatic hydroxyl groups is 1. The molecule has 1 aromatic carbocycles. The van der Waals surface area contributed by atoms with Crippen LogP contribution in [0.3, 0.4) is 0 Å². The van der Waals surface area contributed by atoms with E-state index in [1.54, 1.807) is 11.8 Å². The van der Waals surface area contributed by atoms with E-state index in [1.165, 1.54) is 5.56 Å². The zero-order valence-electron chi connectivity index (χ0n) is 12.5. The number of aliphatic hydroxyl groups excluding tert-OH is 1. The van der Waals surface area contributed by atoms with Gasteiger partial charge in [0.15, 0.2) is 0 Å². The van der Waals surface area contributed by atoms with Crippen LogP contribution in [0.4, 0.5) is 0 Å². The van der Waals surface area contributed by atoms with Crippen molar-refractivity contribution < 1.29 is 5.11 Å². The third kappa shape index (κ3) is 5.16. The molecule has 2 rings (SSSR count). The van der Waals surface area contributed by atoms with Crippen molar-refractivity contribution in [2.75, 3.05) is 5.75 Å². The molecule has 0 saturated heterocycles. The monoisotopic (exact) mass is 302 g/mol. The number of rotatable bonds is 6.